The van der Waals surface area contributed by atoms with Crippen molar-refractivity contribution in [2.75, 3.05) is 32.0 Å². The second-order valence-corrected chi connectivity index (χ2v) is 5.20. The first-order valence-corrected chi connectivity index (χ1v) is 7.25. The molecule has 21 heavy (non-hydrogen) atoms. The SMILES string of the molecule is CCCNC(=O)C1COCCN1Cc1ccc(N)cc1F. The van der Waals surface area contributed by atoms with Gasteiger partial charge in [-0.1, -0.05) is 13.0 Å². The molecule has 1 aliphatic rings. The zero-order chi connectivity index (χ0) is 15.2. The molecule has 1 aliphatic heterocycles. The van der Waals surface area contributed by atoms with Crippen molar-refractivity contribution >= 4 is 11.6 Å². The molecule has 3 N–H and O–H groups in total. The number of anilines is 1. The molecule has 1 heterocycles. The topological polar surface area (TPSA) is 67.6 Å². The molecule has 1 unspecified atom stereocenters. The number of hydrogen-bond donors (Lipinski definition) is 2. The average Bonchev–Trinajstić information content (AvgIpc) is 2.48. The van der Waals surface area contributed by atoms with Crippen LogP contribution >= 0.6 is 0 Å². The van der Waals surface area contributed by atoms with Crippen LogP contribution in [0.3, 0.4) is 0 Å². The molecular weight excluding hydrogens is 273 g/mol. The molecule has 1 saturated heterocycles. The predicted octanol–water partition coefficient (Wildman–Crippen LogP) is 1.13. The van der Waals surface area contributed by atoms with Crippen LogP contribution in [0.25, 0.3) is 0 Å². The van der Waals surface area contributed by atoms with Gasteiger partial charge in [0.05, 0.1) is 13.2 Å². The molecule has 6 heteroatoms. The van der Waals surface area contributed by atoms with Gasteiger partial charge in [-0.25, -0.2) is 4.39 Å². The minimum absolute atomic E-state index is 0.0626. The van der Waals surface area contributed by atoms with Crippen LogP contribution in [0.2, 0.25) is 0 Å². The summed E-state index contributed by atoms with van der Waals surface area (Å²) < 4.78 is 19.3. The van der Waals surface area contributed by atoms with Crippen LogP contribution in [-0.2, 0) is 16.1 Å². The number of carbonyl (C=O) groups is 1. The highest BCUT2D eigenvalue weighted by molar-refractivity contribution is 5.82. The summed E-state index contributed by atoms with van der Waals surface area (Å²) in [6.07, 6.45) is 0.881. The van der Waals surface area contributed by atoms with Gasteiger partial charge in [0.15, 0.2) is 0 Å². The van der Waals surface area contributed by atoms with E-state index in [0.717, 1.165) is 6.42 Å². The fourth-order valence-corrected chi connectivity index (χ4v) is 2.35. The Morgan fingerprint density at radius 1 is 1.57 bits per heavy atom. The summed E-state index contributed by atoms with van der Waals surface area (Å²) >= 11 is 0. The Morgan fingerprint density at radius 3 is 3.10 bits per heavy atom. The molecule has 0 spiro atoms. The Labute approximate surface area is 124 Å². The molecule has 1 atom stereocenters. The number of nitrogens with zero attached hydrogens (tertiary/aromatic N) is 1. The molecule has 0 aromatic heterocycles. The van der Waals surface area contributed by atoms with E-state index in [1.807, 2.05) is 11.8 Å². The number of benzene rings is 1. The van der Waals surface area contributed by atoms with Gasteiger partial charge in [0.1, 0.15) is 11.9 Å². The van der Waals surface area contributed by atoms with Crippen LogP contribution < -0.4 is 11.1 Å². The standard InChI is InChI=1S/C15H22FN3O2/c1-2-5-18-15(20)14-10-21-7-6-19(14)9-11-3-4-12(17)8-13(11)16/h3-4,8,14H,2,5-7,9-10,17H2,1H3,(H,18,20). The molecule has 1 fully saturated rings. The molecule has 116 valence electrons. The quantitative estimate of drug-likeness (QED) is 0.799. The smallest absolute Gasteiger partial charge is 0.239 e. The van der Waals surface area contributed by atoms with E-state index in [1.165, 1.54) is 6.07 Å². The molecule has 0 aliphatic carbocycles. The summed E-state index contributed by atoms with van der Waals surface area (Å²) in [6.45, 7) is 4.51. The van der Waals surface area contributed by atoms with Gasteiger partial charge in [-0.05, 0) is 18.6 Å². The van der Waals surface area contributed by atoms with Crippen LogP contribution in [0.5, 0.6) is 0 Å². The van der Waals surface area contributed by atoms with Crippen LogP contribution in [0.15, 0.2) is 18.2 Å². The molecule has 0 saturated carbocycles. The van der Waals surface area contributed by atoms with E-state index in [0.29, 0.717) is 44.1 Å². The summed E-state index contributed by atoms with van der Waals surface area (Å²) in [4.78, 5) is 14.1. The minimum Gasteiger partial charge on any atom is -0.399 e. The van der Waals surface area contributed by atoms with E-state index in [9.17, 15) is 9.18 Å². The van der Waals surface area contributed by atoms with E-state index in [-0.39, 0.29) is 17.8 Å². The molecule has 2 rings (SSSR count). The van der Waals surface area contributed by atoms with Crippen molar-refractivity contribution in [2.24, 2.45) is 0 Å². The lowest BCUT2D eigenvalue weighted by molar-refractivity contribution is -0.133. The Morgan fingerprint density at radius 2 is 2.38 bits per heavy atom. The number of rotatable bonds is 5. The Hall–Kier alpha value is -1.66. The third-order valence-corrected chi connectivity index (χ3v) is 3.54. The molecule has 1 aromatic rings. The van der Waals surface area contributed by atoms with Crippen molar-refractivity contribution in [2.45, 2.75) is 25.9 Å². The lowest BCUT2D eigenvalue weighted by Gasteiger charge is -2.34. The normalized spacial score (nSPS) is 19.4. The van der Waals surface area contributed by atoms with Gasteiger partial charge >= 0.3 is 0 Å². The largest absolute Gasteiger partial charge is 0.399 e. The predicted molar refractivity (Wildman–Crippen MR) is 79.1 cm³/mol. The van der Waals surface area contributed by atoms with E-state index in [4.69, 9.17) is 10.5 Å². The van der Waals surface area contributed by atoms with E-state index < -0.39 is 0 Å². The first-order valence-electron chi connectivity index (χ1n) is 7.25. The molecule has 0 bridgehead atoms. The maximum Gasteiger partial charge on any atom is 0.239 e. The summed E-state index contributed by atoms with van der Waals surface area (Å²) in [5, 5.41) is 2.87. The zero-order valence-electron chi connectivity index (χ0n) is 12.3. The van der Waals surface area contributed by atoms with Gasteiger partial charge < -0.3 is 15.8 Å². The van der Waals surface area contributed by atoms with Crippen molar-refractivity contribution < 1.29 is 13.9 Å². The Balaban J connectivity index is 2.06. The fraction of sp³-hybridized carbons (Fsp3) is 0.533. The van der Waals surface area contributed by atoms with Crippen LogP contribution in [0.4, 0.5) is 10.1 Å². The van der Waals surface area contributed by atoms with Crippen molar-refractivity contribution in [3.63, 3.8) is 0 Å². The highest BCUT2D eigenvalue weighted by Crippen LogP contribution is 2.17. The minimum atomic E-state index is -0.373. The highest BCUT2D eigenvalue weighted by Gasteiger charge is 2.29. The maximum absolute atomic E-state index is 13.9. The van der Waals surface area contributed by atoms with Crippen LogP contribution in [0, 0.1) is 5.82 Å². The van der Waals surface area contributed by atoms with Crippen LogP contribution in [-0.4, -0.2) is 43.2 Å². The van der Waals surface area contributed by atoms with Gasteiger partial charge in [-0.3, -0.25) is 9.69 Å². The summed E-state index contributed by atoms with van der Waals surface area (Å²) in [5.41, 5.74) is 6.49. The second-order valence-electron chi connectivity index (χ2n) is 5.20. The van der Waals surface area contributed by atoms with E-state index in [1.54, 1.807) is 12.1 Å². The van der Waals surface area contributed by atoms with Crippen molar-refractivity contribution in [1.82, 2.24) is 10.2 Å². The highest BCUT2D eigenvalue weighted by atomic mass is 19.1. The number of morpholine rings is 1. The number of nitrogen functional groups attached to an aromatic ring is 1. The third-order valence-electron chi connectivity index (χ3n) is 3.54. The third kappa shape index (κ3) is 4.15. The van der Waals surface area contributed by atoms with Gasteiger partial charge in [0, 0.05) is 30.9 Å². The summed E-state index contributed by atoms with van der Waals surface area (Å²) in [7, 11) is 0. The summed E-state index contributed by atoms with van der Waals surface area (Å²) in [5.74, 6) is -0.401. The number of halogens is 1. The molecule has 1 aromatic carbocycles. The zero-order valence-corrected chi connectivity index (χ0v) is 12.3. The number of amides is 1. The monoisotopic (exact) mass is 295 g/mol. The fourth-order valence-electron chi connectivity index (χ4n) is 2.35. The molecule has 5 nitrogen and oxygen atoms in total. The van der Waals surface area contributed by atoms with Gasteiger partial charge in [0.2, 0.25) is 5.91 Å². The number of hydrogen-bond acceptors (Lipinski definition) is 4. The first-order chi connectivity index (χ1) is 10.1. The van der Waals surface area contributed by atoms with E-state index in [2.05, 4.69) is 5.32 Å². The second kappa shape index (κ2) is 7.38. The van der Waals surface area contributed by atoms with Crippen molar-refractivity contribution in [3.8, 4) is 0 Å². The van der Waals surface area contributed by atoms with Gasteiger partial charge in [-0.15, -0.1) is 0 Å². The lowest BCUT2D eigenvalue weighted by Crippen LogP contribution is -2.53. The van der Waals surface area contributed by atoms with Gasteiger partial charge in [0.25, 0.3) is 0 Å². The van der Waals surface area contributed by atoms with Gasteiger partial charge in [-0.2, -0.15) is 0 Å². The maximum atomic E-state index is 13.9. The average molecular weight is 295 g/mol. The molecular formula is C15H22FN3O2. The van der Waals surface area contributed by atoms with E-state index >= 15 is 0 Å². The number of ether oxygens (including phenoxy) is 1. The number of carbonyl (C=O) groups excluding carboxylic acids is 1. The Bertz CT molecular complexity index is 496. The first kappa shape index (κ1) is 15.7. The summed E-state index contributed by atoms with van der Waals surface area (Å²) in [6, 6.07) is 4.27. The number of nitrogens with two attached hydrogens (primary N) is 1. The number of nitrogens with one attached hydrogen (secondary N) is 1. The molecule has 1 amide bonds. The lowest BCUT2D eigenvalue weighted by atomic mass is 10.1. The van der Waals surface area contributed by atoms with Crippen molar-refractivity contribution in [3.05, 3.63) is 29.6 Å². The Kier molecular flexibility index (Phi) is 5.52. The molecule has 0 radical (unpaired) electrons. The van der Waals surface area contributed by atoms with Crippen LogP contribution in [0.1, 0.15) is 18.9 Å². The van der Waals surface area contributed by atoms with Crippen molar-refractivity contribution in [1.29, 1.82) is 0 Å².